The van der Waals surface area contributed by atoms with Crippen molar-refractivity contribution in [2.45, 2.75) is 64.1 Å². The minimum atomic E-state index is 0.586. The first kappa shape index (κ1) is 18.6. The maximum absolute atomic E-state index is 5.00. The Balaban J connectivity index is 1.34. The van der Waals surface area contributed by atoms with Crippen molar-refractivity contribution in [2.24, 2.45) is 0 Å². The lowest BCUT2D eigenvalue weighted by atomic mass is 9.88. The minimum absolute atomic E-state index is 0.586. The second kappa shape index (κ2) is 8.11. The van der Waals surface area contributed by atoms with Crippen LogP contribution in [0, 0.1) is 0 Å². The van der Waals surface area contributed by atoms with Crippen molar-refractivity contribution in [2.75, 3.05) is 6.54 Å². The topological polar surface area (TPSA) is 34.0 Å². The van der Waals surface area contributed by atoms with Crippen LogP contribution in [0.1, 0.15) is 60.7 Å². The third-order valence-corrected chi connectivity index (χ3v) is 6.59. The molecule has 1 aliphatic heterocycles. The molecular weight excluding hydrogens is 356 g/mol. The SMILES string of the molecule is C=CCn1cc(CN2CCc3nc(C4CCCCC4)ncc3C2)c2ccccc21. The van der Waals surface area contributed by atoms with Crippen LogP contribution in [-0.4, -0.2) is 26.0 Å². The van der Waals surface area contributed by atoms with Crippen molar-refractivity contribution in [3.8, 4) is 0 Å². The third kappa shape index (κ3) is 3.74. The Morgan fingerprint density at radius 2 is 2.00 bits per heavy atom. The second-order valence-electron chi connectivity index (χ2n) is 8.61. The molecule has 150 valence electrons. The van der Waals surface area contributed by atoms with Gasteiger partial charge >= 0.3 is 0 Å². The predicted octanol–water partition coefficient (Wildman–Crippen LogP) is 5.22. The zero-order valence-electron chi connectivity index (χ0n) is 17.2. The highest BCUT2D eigenvalue weighted by atomic mass is 15.1. The largest absolute Gasteiger partial charge is 0.343 e. The van der Waals surface area contributed by atoms with E-state index in [1.807, 2.05) is 6.08 Å². The van der Waals surface area contributed by atoms with Crippen LogP contribution in [-0.2, 0) is 26.1 Å². The number of hydrogen-bond donors (Lipinski definition) is 0. The van der Waals surface area contributed by atoms with Crippen LogP contribution in [0.25, 0.3) is 10.9 Å². The van der Waals surface area contributed by atoms with Crippen LogP contribution in [0.5, 0.6) is 0 Å². The maximum atomic E-state index is 5.00. The van der Waals surface area contributed by atoms with E-state index >= 15 is 0 Å². The highest BCUT2D eigenvalue weighted by Gasteiger charge is 2.23. The standard InChI is InChI=1S/C25H30N4/c1-2-13-29-18-21(22-10-6-7-11-24(22)29)17-28-14-12-23-20(16-28)15-26-25(27-23)19-8-4-3-5-9-19/h2,6-7,10-11,15,18-19H,1,3-5,8-9,12-14,16-17H2. The summed E-state index contributed by atoms with van der Waals surface area (Å²) in [5, 5.41) is 1.35. The molecule has 1 fully saturated rings. The number of para-hydroxylation sites is 1. The molecule has 0 amide bonds. The molecule has 5 rings (SSSR count). The first-order chi connectivity index (χ1) is 14.3. The minimum Gasteiger partial charge on any atom is -0.343 e. The van der Waals surface area contributed by atoms with Crippen molar-refractivity contribution in [3.63, 3.8) is 0 Å². The first-order valence-electron chi connectivity index (χ1n) is 11.1. The van der Waals surface area contributed by atoms with Crippen LogP contribution >= 0.6 is 0 Å². The number of fused-ring (bicyclic) bond motifs is 2. The molecule has 1 aliphatic carbocycles. The summed E-state index contributed by atoms with van der Waals surface area (Å²) < 4.78 is 2.30. The van der Waals surface area contributed by atoms with Crippen LogP contribution < -0.4 is 0 Å². The van der Waals surface area contributed by atoms with Gasteiger partial charge in [0, 0.05) is 73.1 Å². The van der Waals surface area contributed by atoms with Gasteiger partial charge in [-0.05, 0) is 24.5 Å². The maximum Gasteiger partial charge on any atom is 0.131 e. The third-order valence-electron chi connectivity index (χ3n) is 6.59. The van der Waals surface area contributed by atoms with Crippen molar-refractivity contribution in [1.29, 1.82) is 0 Å². The molecule has 29 heavy (non-hydrogen) atoms. The molecule has 4 heteroatoms. The first-order valence-corrected chi connectivity index (χ1v) is 11.1. The normalized spacial score (nSPS) is 18.1. The molecule has 1 aromatic carbocycles. The molecule has 0 N–H and O–H groups in total. The Morgan fingerprint density at radius 1 is 1.14 bits per heavy atom. The Hall–Kier alpha value is -2.46. The predicted molar refractivity (Wildman–Crippen MR) is 118 cm³/mol. The fourth-order valence-corrected chi connectivity index (χ4v) is 5.06. The molecular formula is C25H30N4. The van der Waals surface area contributed by atoms with E-state index in [0.29, 0.717) is 5.92 Å². The fraction of sp³-hybridized carbons (Fsp3) is 0.440. The summed E-state index contributed by atoms with van der Waals surface area (Å²) in [6.45, 7) is 7.73. The molecule has 4 nitrogen and oxygen atoms in total. The lowest BCUT2D eigenvalue weighted by Crippen LogP contribution is -2.31. The van der Waals surface area contributed by atoms with E-state index in [4.69, 9.17) is 9.97 Å². The molecule has 0 unspecified atom stereocenters. The number of benzene rings is 1. The molecule has 3 aromatic rings. The van der Waals surface area contributed by atoms with Gasteiger partial charge in [-0.15, -0.1) is 6.58 Å². The summed E-state index contributed by atoms with van der Waals surface area (Å²) in [7, 11) is 0. The van der Waals surface area contributed by atoms with Crippen LogP contribution in [0.2, 0.25) is 0 Å². The number of aromatic nitrogens is 3. The number of nitrogens with zero attached hydrogens (tertiary/aromatic N) is 4. The van der Waals surface area contributed by atoms with E-state index < -0.39 is 0 Å². The number of rotatable bonds is 5. The molecule has 2 aliphatic rings. The van der Waals surface area contributed by atoms with Crippen LogP contribution in [0.4, 0.5) is 0 Å². The van der Waals surface area contributed by atoms with Gasteiger partial charge in [0.05, 0.1) is 0 Å². The summed E-state index contributed by atoms with van der Waals surface area (Å²) in [6.07, 6.45) is 14.0. The quantitative estimate of drug-likeness (QED) is 0.564. The lowest BCUT2D eigenvalue weighted by Gasteiger charge is -2.29. The molecule has 1 saturated carbocycles. The summed E-state index contributed by atoms with van der Waals surface area (Å²) in [6, 6.07) is 8.69. The zero-order valence-corrected chi connectivity index (χ0v) is 17.2. The summed E-state index contributed by atoms with van der Waals surface area (Å²) in [5.41, 5.74) is 5.28. The smallest absolute Gasteiger partial charge is 0.131 e. The zero-order chi connectivity index (χ0) is 19.6. The van der Waals surface area contributed by atoms with Crippen molar-refractivity contribution >= 4 is 10.9 Å². The highest BCUT2D eigenvalue weighted by molar-refractivity contribution is 5.84. The lowest BCUT2D eigenvalue weighted by molar-refractivity contribution is 0.243. The Morgan fingerprint density at radius 3 is 2.86 bits per heavy atom. The second-order valence-corrected chi connectivity index (χ2v) is 8.61. The van der Waals surface area contributed by atoms with E-state index in [1.165, 1.54) is 59.8 Å². The molecule has 0 spiro atoms. The molecule has 3 heterocycles. The molecule has 0 radical (unpaired) electrons. The Bertz CT molecular complexity index is 1010. The highest BCUT2D eigenvalue weighted by Crippen LogP contribution is 2.32. The average molecular weight is 387 g/mol. The average Bonchev–Trinajstić information content (AvgIpc) is 3.12. The van der Waals surface area contributed by atoms with Crippen molar-refractivity contribution in [3.05, 3.63) is 72.0 Å². The van der Waals surface area contributed by atoms with Gasteiger partial charge in [-0.2, -0.15) is 0 Å². The Kier molecular flexibility index (Phi) is 5.19. The van der Waals surface area contributed by atoms with Gasteiger partial charge in [-0.25, -0.2) is 9.97 Å². The summed E-state index contributed by atoms with van der Waals surface area (Å²) >= 11 is 0. The van der Waals surface area contributed by atoms with Gasteiger partial charge in [0.15, 0.2) is 0 Å². The summed E-state index contributed by atoms with van der Waals surface area (Å²) in [5.74, 6) is 1.69. The Labute approximate surface area is 173 Å². The van der Waals surface area contributed by atoms with E-state index in [2.05, 4.69) is 52.7 Å². The van der Waals surface area contributed by atoms with Crippen molar-refractivity contribution in [1.82, 2.24) is 19.4 Å². The van der Waals surface area contributed by atoms with E-state index in [0.717, 1.165) is 38.4 Å². The number of allylic oxidation sites excluding steroid dienone is 1. The molecule has 0 atom stereocenters. The van der Waals surface area contributed by atoms with Gasteiger partial charge in [-0.1, -0.05) is 43.5 Å². The number of hydrogen-bond acceptors (Lipinski definition) is 3. The molecule has 0 bridgehead atoms. The van der Waals surface area contributed by atoms with Crippen LogP contribution in [0.15, 0.2) is 49.3 Å². The van der Waals surface area contributed by atoms with Crippen LogP contribution in [0.3, 0.4) is 0 Å². The monoisotopic (exact) mass is 386 g/mol. The van der Waals surface area contributed by atoms with Gasteiger partial charge < -0.3 is 4.57 Å². The van der Waals surface area contributed by atoms with E-state index in [1.54, 1.807) is 0 Å². The van der Waals surface area contributed by atoms with Gasteiger partial charge in [0.1, 0.15) is 5.82 Å². The van der Waals surface area contributed by atoms with E-state index in [-0.39, 0.29) is 0 Å². The van der Waals surface area contributed by atoms with Gasteiger partial charge in [0.25, 0.3) is 0 Å². The fourth-order valence-electron chi connectivity index (χ4n) is 5.06. The van der Waals surface area contributed by atoms with Gasteiger partial charge in [-0.3, -0.25) is 4.90 Å². The van der Waals surface area contributed by atoms with E-state index in [9.17, 15) is 0 Å². The summed E-state index contributed by atoms with van der Waals surface area (Å²) in [4.78, 5) is 12.3. The molecule has 2 aromatic heterocycles. The van der Waals surface area contributed by atoms with Gasteiger partial charge in [0.2, 0.25) is 0 Å². The molecule has 0 saturated heterocycles. The van der Waals surface area contributed by atoms with Crippen molar-refractivity contribution < 1.29 is 0 Å².